The maximum atomic E-state index is 10.6. The molecule has 0 fully saturated rings. The van der Waals surface area contributed by atoms with E-state index in [2.05, 4.69) is 0 Å². The third-order valence-electron chi connectivity index (χ3n) is 1.06. The molecular weight excluding hydrogens is 146 g/mol. The number of carbonyl (C=O) groups excluding carboxylic acids is 1. The van der Waals surface area contributed by atoms with Crippen molar-refractivity contribution in [1.29, 1.82) is 0 Å². The van der Waals surface area contributed by atoms with Crippen LogP contribution in [0.4, 0.5) is 0 Å². The highest BCUT2D eigenvalue weighted by atomic mass is 16.6. The van der Waals surface area contributed by atoms with Crippen molar-refractivity contribution in [1.82, 2.24) is 0 Å². The monoisotopic (exact) mass is 161 g/mol. The molecule has 0 radical (unpaired) electrons. The van der Waals surface area contributed by atoms with Crippen LogP contribution in [0.2, 0.25) is 0 Å². The zero-order valence-corrected chi connectivity index (χ0v) is 7.00. The summed E-state index contributed by atoms with van der Waals surface area (Å²) in [5.41, 5.74) is 5.03. The minimum Gasteiger partial charge on any atom is -0.459 e. The van der Waals surface area contributed by atoms with E-state index >= 15 is 0 Å². The lowest BCUT2D eigenvalue weighted by molar-refractivity contribution is -0.149. The Morgan fingerprint density at radius 2 is 2.27 bits per heavy atom. The second kappa shape index (κ2) is 6.12. The first-order valence-corrected chi connectivity index (χ1v) is 3.68. The SMILES string of the molecule is CCOCC(C)OC(=O)CN. The molecule has 0 aromatic rings. The van der Waals surface area contributed by atoms with Gasteiger partial charge in [-0.15, -0.1) is 0 Å². The van der Waals surface area contributed by atoms with E-state index < -0.39 is 5.97 Å². The molecule has 0 aromatic carbocycles. The lowest BCUT2D eigenvalue weighted by Gasteiger charge is -2.11. The van der Waals surface area contributed by atoms with Crippen molar-refractivity contribution in [2.24, 2.45) is 5.73 Å². The fourth-order valence-corrected chi connectivity index (χ4v) is 0.590. The van der Waals surface area contributed by atoms with Crippen molar-refractivity contribution in [2.75, 3.05) is 19.8 Å². The van der Waals surface area contributed by atoms with E-state index in [-0.39, 0.29) is 12.6 Å². The van der Waals surface area contributed by atoms with Crippen molar-refractivity contribution < 1.29 is 14.3 Å². The van der Waals surface area contributed by atoms with Gasteiger partial charge in [0.05, 0.1) is 13.2 Å². The molecule has 0 aliphatic rings. The van der Waals surface area contributed by atoms with Crippen LogP contribution in [0, 0.1) is 0 Å². The standard InChI is InChI=1S/C7H15NO3/c1-3-10-5-6(2)11-7(9)4-8/h6H,3-5,8H2,1-2H3. The van der Waals surface area contributed by atoms with Crippen LogP contribution in [0.5, 0.6) is 0 Å². The number of hydrogen-bond acceptors (Lipinski definition) is 4. The highest BCUT2D eigenvalue weighted by Gasteiger charge is 2.06. The summed E-state index contributed by atoms with van der Waals surface area (Å²) >= 11 is 0. The van der Waals surface area contributed by atoms with Gasteiger partial charge in [-0.1, -0.05) is 0 Å². The first-order chi connectivity index (χ1) is 5.20. The highest BCUT2D eigenvalue weighted by Crippen LogP contribution is 1.91. The normalized spacial score (nSPS) is 12.6. The summed E-state index contributed by atoms with van der Waals surface area (Å²) in [7, 11) is 0. The molecule has 2 N–H and O–H groups in total. The molecule has 4 heteroatoms. The lowest BCUT2D eigenvalue weighted by atomic mass is 10.4. The van der Waals surface area contributed by atoms with Crippen molar-refractivity contribution >= 4 is 5.97 Å². The smallest absolute Gasteiger partial charge is 0.320 e. The number of esters is 1. The maximum Gasteiger partial charge on any atom is 0.320 e. The van der Waals surface area contributed by atoms with E-state index in [4.69, 9.17) is 15.2 Å². The summed E-state index contributed by atoms with van der Waals surface area (Å²) in [4.78, 5) is 10.6. The Bertz CT molecular complexity index is 116. The molecule has 0 heterocycles. The number of carbonyl (C=O) groups is 1. The molecule has 0 saturated heterocycles. The third kappa shape index (κ3) is 5.82. The van der Waals surface area contributed by atoms with Crippen LogP contribution in [0.3, 0.4) is 0 Å². The molecule has 1 atom stereocenters. The van der Waals surface area contributed by atoms with E-state index in [1.165, 1.54) is 0 Å². The molecule has 0 rings (SSSR count). The van der Waals surface area contributed by atoms with E-state index in [1.54, 1.807) is 6.92 Å². The quantitative estimate of drug-likeness (QED) is 0.572. The Morgan fingerprint density at radius 3 is 2.73 bits per heavy atom. The molecule has 66 valence electrons. The van der Waals surface area contributed by atoms with Crippen LogP contribution >= 0.6 is 0 Å². The zero-order valence-electron chi connectivity index (χ0n) is 7.00. The van der Waals surface area contributed by atoms with Crippen molar-refractivity contribution in [3.05, 3.63) is 0 Å². The van der Waals surface area contributed by atoms with E-state index in [0.717, 1.165) is 0 Å². The van der Waals surface area contributed by atoms with Crippen molar-refractivity contribution in [2.45, 2.75) is 20.0 Å². The summed E-state index contributed by atoms with van der Waals surface area (Å²) in [6.45, 7) is 4.64. The minimum atomic E-state index is -0.391. The first-order valence-electron chi connectivity index (χ1n) is 3.68. The van der Waals surface area contributed by atoms with Gasteiger partial charge >= 0.3 is 5.97 Å². The minimum absolute atomic E-state index is 0.0730. The number of nitrogens with two attached hydrogens (primary N) is 1. The molecule has 0 saturated carbocycles. The Labute approximate surface area is 66.7 Å². The molecule has 0 bridgehead atoms. The number of hydrogen-bond donors (Lipinski definition) is 1. The molecule has 1 unspecified atom stereocenters. The summed E-state index contributed by atoms with van der Waals surface area (Å²) in [5, 5.41) is 0. The Balaban J connectivity index is 3.35. The predicted molar refractivity (Wildman–Crippen MR) is 41.1 cm³/mol. The average molecular weight is 161 g/mol. The van der Waals surface area contributed by atoms with Crippen LogP contribution in [-0.2, 0) is 14.3 Å². The predicted octanol–water partition coefficient (Wildman–Crippen LogP) is -0.0867. The molecule has 4 nitrogen and oxygen atoms in total. The molecule has 11 heavy (non-hydrogen) atoms. The average Bonchev–Trinajstić information content (AvgIpc) is 2.00. The van der Waals surface area contributed by atoms with Gasteiger partial charge < -0.3 is 15.2 Å². The topological polar surface area (TPSA) is 61.5 Å². The van der Waals surface area contributed by atoms with E-state index in [9.17, 15) is 4.79 Å². The number of ether oxygens (including phenoxy) is 2. The van der Waals surface area contributed by atoms with Gasteiger partial charge in [-0.25, -0.2) is 0 Å². The Hall–Kier alpha value is -0.610. The van der Waals surface area contributed by atoms with Crippen LogP contribution in [0.25, 0.3) is 0 Å². The van der Waals surface area contributed by atoms with Crippen LogP contribution in [0.15, 0.2) is 0 Å². The van der Waals surface area contributed by atoms with Gasteiger partial charge in [0.25, 0.3) is 0 Å². The zero-order chi connectivity index (χ0) is 8.69. The highest BCUT2D eigenvalue weighted by molar-refractivity contribution is 5.71. The number of rotatable bonds is 5. The molecule has 0 amide bonds. The van der Waals surface area contributed by atoms with Crippen LogP contribution in [-0.4, -0.2) is 31.8 Å². The molecule has 0 aliphatic heterocycles. The van der Waals surface area contributed by atoms with Crippen LogP contribution < -0.4 is 5.73 Å². The second-order valence-electron chi connectivity index (χ2n) is 2.16. The summed E-state index contributed by atoms with van der Waals surface area (Å²) in [6.07, 6.45) is -0.203. The Morgan fingerprint density at radius 1 is 1.64 bits per heavy atom. The summed E-state index contributed by atoms with van der Waals surface area (Å²) in [5.74, 6) is -0.391. The molecule has 0 aliphatic carbocycles. The Kier molecular flexibility index (Phi) is 5.78. The third-order valence-corrected chi connectivity index (χ3v) is 1.06. The molecular formula is C7H15NO3. The van der Waals surface area contributed by atoms with Gasteiger partial charge in [0, 0.05) is 6.61 Å². The largest absolute Gasteiger partial charge is 0.459 e. The van der Waals surface area contributed by atoms with E-state index in [1.807, 2.05) is 6.92 Å². The van der Waals surface area contributed by atoms with Gasteiger partial charge in [0.2, 0.25) is 0 Å². The fourth-order valence-electron chi connectivity index (χ4n) is 0.590. The van der Waals surface area contributed by atoms with Crippen LogP contribution in [0.1, 0.15) is 13.8 Å². The first kappa shape index (κ1) is 10.4. The van der Waals surface area contributed by atoms with Crippen molar-refractivity contribution in [3.63, 3.8) is 0 Å². The fraction of sp³-hybridized carbons (Fsp3) is 0.857. The van der Waals surface area contributed by atoms with Gasteiger partial charge in [-0.05, 0) is 13.8 Å². The molecule has 0 spiro atoms. The van der Waals surface area contributed by atoms with E-state index in [0.29, 0.717) is 13.2 Å². The summed E-state index contributed by atoms with van der Waals surface area (Å²) in [6, 6.07) is 0. The van der Waals surface area contributed by atoms with Gasteiger partial charge in [0.1, 0.15) is 6.10 Å². The van der Waals surface area contributed by atoms with Gasteiger partial charge in [0.15, 0.2) is 0 Å². The van der Waals surface area contributed by atoms with Gasteiger partial charge in [-0.2, -0.15) is 0 Å². The molecule has 0 aromatic heterocycles. The second-order valence-corrected chi connectivity index (χ2v) is 2.16. The lowest BCUT2D eigenvalue weighted by Crippen LogP contribution is -2.25. The summed E-state index contributed by atoms with van der Waals surface area (Å²) < 4.78 is 9.84. The van der Waals surface area contributed by atoms with Crippen molar-refractivity contribution in [3.8, 4) is 0 Å². The van der Waals surface area contributed by atoms with Gasteiger partial charge in [-0.3, -0.25) is 4.79 Å². The maximum absolute atomic E-state index is 10.6.